The van der Waals surface area contributed by atoms with E-state index in [0.29, 0.717) is 0 Å². The molecule has 0 N–H and O–H groups in total. The Hall–Kier alpha value is -6.77. The molecule has 0 unspecified atom stereocenters. The SMILES string of the molecule is c1ccc(-c2ccc(-c3c4ccccc4c(-c4ccc(-c5nc6ccccc6n5-c5cccc6ccccc56)cc4)c4ccccc34)cc2)cc1. The standard InChI is InChI=1S/C49H32N2/c1-2-13-33(14-3-1)34-25-27-36(28-26-34)47-40-18-6-8-20-42(40)48(43-21-9-7-19-41(43)47)37-29-31-38(32-30-37)49-50-44-22-10-11-23-46(44)51(49)45-24-12-16-35-15-4-5-17-39(35)45/h1-32H. The molecule has 0 fully saturated rings. The molecule has 51 heavy (non-hydrogen) atoms. The summed E-state index contributed by atoms with van der Waals surface area (Å²) >= 11 is 0. The van der Waals surface area contributed by atoms with Crippen LogP contribution in [0.2, 0.25) is 0 Å². The number of nitrogens with zero attached hydrogens (tertiary/aromatic N) is 2. The van der Waals surface area contributed by atoms with Crippen molar-refractivity contribution in [1.29, 1.82) is 0 Å². The van der Waals surface area contributed by atoms with E-state index in [1.54, 1.807) is 0 Å². The molecule has 0 amide bonds. The molecule has 0 spiro atoms. The van der Waals surface area contributed by atoms with E-state index in [0.717, 1.165) is 28.1 Å². The Kier molecular flexibility index (Phi) is 6.85. The second kappa shape index (κ2) is 12.0. The van der Waals surface area contributed by atoms with Crippen LogP contribution in [-0.2, 0) is 0 Å². The summed E-state index contributed by atoms with van der Waals surface area (Å²) in [6.45, 7) is 0. The molecule has 0 aliphatic rings. The van der Waals surface area contributed by atoms with Crippen LogP contribution in [-0.4, -0.2) is 9.55 Å². The Labute approximate surface area is 296 Å². The van der Waals surface area contributed by atoms with Crippen molar-refractivity contribution in [2.75, 3.05) is 0 Å². The Balaban J connectivity index is 1.13. The molecule has 0 atom stereocenters. The van der Waals surface area contributed by atoms with Gasteiger partial charge in [-0.25, -0.2) is 4.98 Å². The van der Waals surface area contributed by atoms with E-state index < -0.39 is 0 Å². The molecule has 0 bridgehead atoms. The van der Waals surface area contributed by atoms with Gasteiger partial charge in [0.2, 0.25) is 0 Å². The minimum absolute atomic E-state index is 0.933. The largest absolute Gasteiger partial charge is 0.292 e. The molecule has 2 heteroatoms. The van der Waals surface area contributed by atoms with Gasteiger partial charge in [0, 0.05) is 10.9 Å². The highest BCUT2D eigenvalue weighted by atomic mass is 15.1. The lowest BCUT2D eigenvalue weighted by atomic mass is 9.85. The maximum absolute atomic E-state index is 5.20. The van der Waals surface area contributed by atoms with Gasteiger partial charge in [-0.15, -0.1) is 0 Å². The van der Waals surface area contributed by atoms with Gasteiger partial charge in [-0.1, -0.05) is 176 Å². The molecule has 2 nitrogen and oxygen atoms in total. The predicted molar refractivity (Wildman–Crippen MR) is 215 cm³/mol. The number of imidazole rings is 1. The molecule has 10 rings (SSSR count). The molecule has 1 heterocycles. The molecule has 0 saturated heterocycles. The van der Waals surface area contributed by atoms with E-state index >= 15 is 0 Å². The Bertz CT molecular complexity index is 2820. The number of para-hydroxylation sites is 2. The Morgan fingerprint density at radius 2 is 0.765 bits per heavy atom. The first-order valence-corrected chi connectivity index (χ1v) is 17.5. The van der Waals surface area contributed by atoms with Crippen molar-refractivity contribution in [3.63, 3.8) is 0 Å². The number of fused-ring (bicyclic) bond motifs is 4. The van der Waals surface area contributed by atoms with Crippen molar-refractivity contribution in [3.8, 4) is 50.5 Å². The van der Waals surface area contributed by atoms with E-state index in [9.17, 15) is 0 Å². The molecular weight excluding hydrogens is 617 g/mol. The van der Waals surface area contributed by atoms with E-state index in [2.05, 4.69) is 199 Å². The summed E-state index contributed by atoms with van der Waals surface area (Å²) < 4.78 is 2.31. The zero-order valence-electron chi connectivity index (χ0n) is 27.9. The van der Waals surface area contributed by atoms with Crippen LogP contribution in [0, 0.1) is 0 Å². The number of aromatic nitrogens is 2. The van der Waals surface area contributed by atoms with Crippen molar-refractivity contribution >= 4 is 43.4 Å². The lowest BCUT2D eigenvalue weighted by Crippen LogP contribution is -1.98. The first-order chi connectivity index (χ1) is 25.3. The second-order valence-electron chi connectivity index (χ2n) is 13.1. The van der Waals surface area contributed by atoms with Crippen molar-refractivity contribution in [1.82, 2.24) is 9.55 Å². The predicted octanol–water partition coefficient (Wildman–Crippen LogP) is 13.2. The molecule has 1 aromatic heterocycles. The summed E-state index contributed by atoms with van der Waals surface area (Å²) in [7, 11) is 0. The highest BCUT2D eigenvalue weighted by molar-refractivity contribution is 6.21. The van der Waals surface area contributed by atoms with Crippen LogP contribution < -0.4 is 0 Å². The minimum atomic E-state index is 0.933. The summed E-state index contributed by atoms with van der Waals surface area (Å²) in [5.41, 5.74) is 11.7. The average Bonchev–Trinajstić information content (AvgIpc) is 3.60. The third-order valence-corrected chi connectivity index (χ3v) is 10.2. The number of hydrogen-bond donors (Lipinski definition) is 0. The Morgan fingerprint density at radius 1 is 0.314 bits per heavy atom. The van der Waals surface area contributed by atoms with Crippen molar-refractivity contribution in [3.05, 3.63) is 194 Å². The summed E-state index contributed by atoms with van der Waals surface area (Å²) in [6, 6.07) is 69.8. The fourth-order valence-corrected chi connectivity index (χ4v) is 7.86. The number of rotatable bonds is 5. The van der Waals surface area contributed by atoms with Gasteiger partial charge in [0.05, 0.1) is 16.7 Å². The average molecular weight is 649 g/mol. The molecule has 10 aromatic rings. The quantitative estimate of drug-likeness (QED) is 0.170. The van der Waals surface area contributed by atoms with Crippen molar-refractivity contribution in [2.45, 2.75) is 0 Å². The molecular formula is C49H32N2. The zero-order chi connectivity index (χ0) is 33.7. The summed E-state index contributed by atoms with van der Waals surface area (Å²) in [4.78, 5) is 5.20. The third-order valence-electron chi connectivity index (χ3n) is 10.2. The zero-order valence-corrected chi connectivity index (χ0v) is 27.9. The maximum Gasteiger partial charge on any atom is 0.145 e. The smallest absolute Gasteiger partial charge is 0.145 e. The van der Waals surface area contributed by atoms with Crippen molar-refractivity contribution in [2.24, 2.45) is 0 Å². The highest BCUT2D eigenvalue weighted by Gasteiger charge is 2.19. The van der Waals surface area contributed by atoms with Crippen LogP contribution in [0.25, 0.3) is 93.8 Å². The summed E-state index contributed by atoms with van der Waals surface area (Å²) in [5.74, 6) is 0.933. The molecule has 238 valence electrons. The third kappa shape index (κ3) is 4.84. The normalized spacial score (nSPS) is 11.5. The van der Waals surface area contributed by atoms with Crippen LogP contribution in [0.5, 0.6) is 0 Å². The van der Waals surface area contributed by atoms with Crippen LogP contribution >= 0.6 is 0 Å². The number of benzene rings is 9. The van der Waals surface area contributed by atoms with Crippen LogP contribution in [0.1, 0.15) is 0 Å². The van der Waals surface area contributed by atoms with E-state index in [1.165, 1.54) is 65.7 Å². The van der Waals surface area contributed by atoms with Gasteiger partial charge < -0.3 is 0 Å². The summed E-state index contributed by atoms with van der Waals surface area (Å²) in [5, 5.41) is 7.40. The first-order valence-electron chi connectivity index (χ1n) is 17.5. The van der Waals surface area contributed by atoms with E-state index in [4.69, 9.17) is 4.98 Å². The molecule has 0 saturated carbocycles. The highest BCUT2D eigenvalue weighted by Crippen LogP contribution is 2.44. The molecule has 0 radical (unpaired) electrons. The minimum Gasteiger partial charge on any atom is -0.292 e. The van der Waals surface area contributed by atoms with Gasteiger partial charge in [0.1, 0.15) is 5.82 Å². The van der Waals surface area contributed by atoms with Crippen LogP contribution in [0.15, 0.2) is 194 Å². The lowest BCUT2D eigenvalue weighted by molar-refractivity contribution is 1.11. The van der Waals surface area contributed by atoms with E-state index in [-0.39, 0.29) is 0 Å². The van der Waals surface area contributed by atoms with Gasteiger partial charge in [-0.2, -0.15) is 0 Å². The fraction of sp³-hybridized carbons (Fsp3) is 0. The van der Waals surface area contributed by atoms with Gasteiger partial charge in [0.15, 0.2) is 0 Å². The lowest BCUT2D eigenvalue weighted by Gasteiger charge is -2.18. The monoisotopic (exact) mass is 648 g/mol. The summed E-state index contributed by atoms with van der Waals surface area (Å²) in [6.07, 6.45) is 0. The fourth-order valence-electron chi connectivity index (χ4n) is 7.86. The topological polar surface area (TPSA) is 17.8 Å². The number of hydrogen-bond acceptors (Lipinski definition) is 1. The Morgan fingerprint density at radius 3 is 1.39 bits per heavy atom. The van der Waals surface area contributed by atoms with Gasteiger partial charge in [0.25, 0.3) is 0 Å². The van der Waals surface area contributed by atoms with Crippen molar-refractivity contribution < 1.29 is 0 Å². The molecule has 0 aliphatic heterocycles. The van der Waals surface area contributed by atoms with Crippen LogP contribution in [0.3, 0.4) is 0 Å². The second-order valence-corrected chi connectivity index (χ2v) is 13.1. The van der Waals surface area contributed by atoms with E-state index in [1.807, 2.05) is 0 Å². The van der Waals surface area contributed by atoms with Gasteiger partial charge in [-0.3, -0.25) is 4.57 Å². The first kappa shape index (κ1) is 29.2. The maximum atomic E-state index is 5.20. The molecule has 0 aliphatic carbocycles. The van der Waals surface area contributed by atoms with Crippen LogP contribution in [0.4, 0.5) is 0 Å². The van der Waals surface area contributed by atoms with Gasteiger partial charge in [-0.05, 0) is 78.5 Å². The molecule has 9 aromatic carbocycles. The van der Waals surface area contributed by atoms with Gasteiger partial charge >= 0.3 is 0 Å².